The van der Waals surface area contributed by atoms with Crippen LogP contribution in [0.4, 0.5) is 0 Å². The van der Waals surface area contributed by atoms with Crippen molar-refractivity contribution in [2.45, 2.75) is 101 Å². The highest BCUT2D eigenvalue weighted by Crippen LogP contribution is 2.78. The standard InChI is InChI=1S/C30H38O7/c1-15-10-18-12-29-21-13-28(34)11-17-6-9-23(32)36-26(3,4)19(17)7-8-20(28)27(21,5)14-22(31)30(29,37-29)16(2)24(18)35-25(15)33/h6,9-11,16,18-22,24,31,34H,7-8,12-14H2,1-5H3/t16?,18-,19-,20+,21-,22-,24+,27+,28-,29?,30?/m1/s1. The molecule has 0 spiro atoms. The molecule has 3 saturated carbocycles. The quantitative estimate of drug-likeness (QED) is 0.380. The molecule has 200 valence electrons. The van der Waals surface area contributed by atoms with E-state index in [1.165, 1.54) is 6.08 Å². The highest BCUT2D eigenvalue weighted by molar-refractivity contribution is 5.89. The zero-order chi connectivity index (χ0) is 26.3. The van der Waals surface area contributed by atoms with Crippen molar-refractivity contribution < 1.29 is 34.0 Å². The summed E-state index contributed by atoms with van der Waals surface area (Å²) in [6, 6.07) is 0. The number of rotatable bonds is 0. The first-order chi connectivity index (χ1) is 17.3. The third kappa shape index (κ3) is 2.78. The molecule has 11 atom stereocenters. The number of allylic oxidation sites excluding steroid dienone is 1. The number of epoxide rings is 1. The van der Waals surface area contributed by atoms with Gasteiger partial charge in [-0.1, -0.05) is 26.0 Å². The minimum Gasteiger partial charge on any atom is -0.458 e. The van der Waals surface area contributed by atoms with Gasteiger partial charge in [0.2, 0.25) is 0 Å². The van der Waals surface area contributed by atoms with E-state index in [2.05, 4.69) is 13.8 Å². The van der Waals surface area contributed by atoms with Gasteiger partial charge in [-0.25, -0.2) is 9.59 Å². The Kier molecular flexibility index (Phi) is 4.54. The van der Waals surface area contributed by atoms with Crippen LogP contribution in [0.2, 0.25) is 0 Å². The maximum atomic E-state index is 12.4. The topological polar surface area (TPSA) is 106 Å². The van der Waals surface area contributed by atoms with Gasteiger partial charge in [0.1, 0.15) is 22.9 Å². The first-order valence-electron chi connectivity index (χ1n) is 13.9. The number of fused-ring (bicyclic) bond motifs is 5. The van der Waals surface area contributed by atoms with Gasteiger partial charge in [0.15, 0.2) is 0 Å². The number of carbonyl (C=O) groups is 2. The lowest BCUT2D eigenvalue weighted by atomic mass is 9.49. The fraction of sp³-hybridized carbons (Fsp3) is 0.733. The van der Waals surface area contributed by atoms with Crippen LogP contribution >= 0.6 is 0 Å². The maximum Gasteiger partial charge on any atom is 0.333 e. The molecular weight excluding hydrogens is 472 g/mol. The van der Waals surface area contributed by atoms with Crippen molar-refractivity contribution in [2.75, 3.05) is 0 Å². The summed E-state index contributed by atoms with van der Waals surface area (Å²) in [4.78, 5) is 24.6. The van der Waals surface area contributed by atoms with Gasteiger partial charge in [0.25, 0.3) is 0 Å². The van der Waals surface area contributed by atoms with Crippen molar-refractivity contribution in [2.24, 2.45) is 35.0 Å². The predicted molar refractivity (Wildman–Crippen MR) is 133 cm³/mol. The first kappa shape index (κ1) is 24.1. The Balaban J connectivity index is 1.31. The summed E-state index contributed by atoms with van der Waals surface area (Å²) < 4.78 is 18.4. The van der Waals surface area contributed by atoms with Crippen LogP contribution in [0.15, 0.2) is 35.5 Å². The van der Waals surface area contributed by atoms with Crippen molar-refractivity contribution >= 4 is 11.9 Å². The van der Waals surface area contributed by atoms with Gasteiger partial charge < -0.3 is 24.4 Å². The second-order valence-electron chi connectivity index (χ2n) is 13.8. The Hall–Kier alpha value is -1.96. The monoisotopic (exact) mass is 510 g/mol. The number of carbonyl (C=O) groups excluding carboxylic acids is 2. The fourth-order valence-electron chi connectivity index (χ4n) is 10.3. The van der Waals surface area contributed by atoms with Crippen molar-refractivity contribution in [3.05, 3.63) is 35.5 Å². The van der Waals surface area contributed by atoms with Crippen LogP contribution in [0.3, 0.4) is 0 Å². The SMILES string of the molecule is CC1=C[C@@H]2CC34OC3(C(C)[C@@H]2OC1=O)[C@H](O)C[C@]1(C)[C@H]4C[C@]2(O)C=C3C=CC(=O)OC(C)(C)[C@@H]3CC[C@@H]12. The molecule has 7 aliphatic rings. The lowest BCUT2D eigenvalue weighted by molar-refractivity contribution is -0.161. The largest absolute Gasteiger partial charge is 0.458 e. The summed E-state index contributed by atoms with van der Waals surface area (Å²) >= 11 is 0. The number of ether oxygens (including phenoxy) is 3. The normalized spacial score (nSPS) is 54.8. The van der Waals surface area contributed by atoms with Crippen LogP contribution in [0.25, 0.3) is 0 Å². The highest BCUT2D eigenvalue weighted by atomic mass is 16.7. The second kappa shape index (κ2) is 6.97. The summed E-state index contributed by atoms with van der Waals surface area (Å²) in [6.07, 6.45) is 9.68. The molecule has 3 heterocycles. The summed E-state index contributed by atoms with van der Waals surface area (Å²) in [6.45, 7) is 9.99. The fourth-order valence-corrected chi connectivity index (χ4v) is 10.3. The molecular formula is C30H38O7. The predicted octanol–water partition coefficient (Wildman–Crippen LogP) is 3.39. The zero-order valence-corrected chi connectivity index (χ0v) is 22.3. The molecule has 7 rings (SSSR count). The minimum absolute atomic E-state index is 0.00434. The van der Waals surface area contributed by atoms with Gasteiger partial charge in [0.05, 0.1) is 11.7 Å². The number of hydrogen-bond acceptors (Lipinski definition) is 7. The third-order valence-electron chi connectivity index (χ3n) is 11.7. The average molecular weight is 511 g/mol. The lowest BCUT2D eigenvalue weighted by Crippen LogP contribution is -2.63. The molecule has 0 aromatic heterocycles. The van der Waals surface area contributed by atoms with Gasteiger partial charge in [-0.15, -0.1) is 0 Å². The zero-order valence-electron chi connectivity index (χ0n) is 22.3. The Morgan fingerprint density at radius 3 is 2.54 bits per heavy atom. The van der Waals surface area contributed by atoms with E-state index in [0.29, 0.717) is 24.8 Å². The number of aliphatic hydroxyl groups excluding tert-OH is 1. The molecule has 4 aliphatic carbocycles. The highest BCUT2D eigenvalue weighted by Gasteiger charge is 2.88. The van der Waals surface area contributed by atoms with E-state index in [4.69, 9.17) is 14.2 Å². The van der Waals surface area contributed by atoms with E-state index in [1.54, 1.807) is 6.92 Å². The van der Waals surface area contributed by atoms with Gasteiger partial charge in [-0.2, -0.15) is 0 Å². The Bertz CT molecular complexity index is 1200. The maximum absolute atomic E-state index is 12.4. The number of hydrogen-bond donors (Lipinski definition) is 2. The Morgan fingerprint density at radius 2 is 1.78 bits per heavy atom. The van der Waals surface area contributed by atoms with E-state index in [0.717, 1.165) is 18.4 Å². The van der Waals surface area contributed by atoms with Crippen molar-refractivity contribution in [1.82, 2.24) is 0 Å². The Morgan fingerprint density at radius 1 is 1.03 bits per heavy atom. The van der Waals surface area contributed by atoms with Crippen molar-refractivity contribution in [1.29, 1.82) is 0 Å². The lowest BCUT2D eigenvalue weighted by Gasteiger charge is -2.53. The van der Waals surface area contributed by atoms with Crippen LogP contribution in [0.1, 0.15) is 66.7 Å². The van der Waals surface area contributed by atoms with Gasteiger partial charge >= 0.3 is 11.9 Å². The number of cyclic esters (lactones) is 1. The molecule has 0 radical (unpaired) electrons. The molecule has 4 fully saturated rings. The average Bonchev–Trinajstić information content (AvgIpc) is 3.49. The van der Waals surface area contributed by atoms with Gasteiger partial charge in [0, 0.05) is 29.4 Å². The van der Waals surface area contributed by atoms with E-state index in [1.807, 2.05) is 32.1 Å². The van der Waals surface area contributed by atoms with E-state index in [9.17, 15) is 19.8 Å². The molecule has 2 N–H and O–H groups in total. The van der Waals surface area contributed by atoms with E-state index >= 15 is 0 Å². The summed E-state index contributed by atoms with van der Waals surface area (Å²) in [7, 11) is 0. The van der Waals surface area contributed by atoms with Crippen molar-refractivity contribution in [3.8, 4) is 0 Å². The van der Waals surface area contributed by atoms with Crippen molar-refractivity contribution in [3.63, 3.8) is 0 Å². The Labute approximate surface area is 217 Å². The van der Waals surface area contributed by atoms with Gasteiger partial charge in [-0.3, -0.25) is 0 Å². The summed E-state index contributed by atoms with van der Waals surface area (Å²) in [5, 5.41) is 24.1. The summed E-state index contributed by atoms with van der Waals surface area (Å²) in [5.74, 6) is -0.740. The molecule has 3 aliphatic heterocycles. The smallest absolute Gasteiger partial charge is 0.333 e. The summed E-state index contributed by atoms with van der Waals surface area (Å²) in [5.41, 5.74) is -1.79. The van der Waals surface area contributed by atoms with Crippen LogP contribution in [0.5, 0.6) is 0 Å². The van der Waals surface area contributed by atoms with Gasteiger partial charge in [-0.05, 0) is 81.8 Å². The molecule has 0 aromatic rings. The molecule has 3 unspecified atom stereocenters. The molecule has 7 heteroatoms. The molecule has 37 heavy (non-hydrogen) atoms. The third-order valence-corrected chi connectivity index (χ3v) is 11.7. The second-order valence-corrected chi connectivity index (χ2v) is 13.8. The van der Waals surface area contributed by atoms with Crippen LogP contribution in [0, 0.1) is 35.0 Å². The van der Waals surface area contributed by atoms with Crippen LogP contribution < -0.4 is 0 Å². The minimum atomic E-state index is -1.07. The molecule has 7 nitrogen and oxygen atoms in total. The first-order valence-corrected chi connectivity index (χ1v) is 13.9. The molecule has 0 aromatic carbocycles. The van der Waals surface area contributed by atoms with E-state index < -0.39 is 28.5 Å². The molecule has 1 saturated heterocycles. The molecule has 0 amide bonds. The van der Waals surface area contributed by atoms with Crippen LogP contribution in [-0.4, -0.2) is 56.8 Å². The van der Waals surface area contributed by atoms with E-state index in [-0.39, 0.29) is 53.0 Å². The van der Waals surface area contributed by atoms with Crippen LogP contribution in [-0.2, 0) is 23.8 Å². The molecule has 0 bridgehead atoms. The number of aliphatic hydroxyl groups is 2. The number of esters is 2.